The fraction of sp³-hybridized carbons (Fsp3) is 0.417. The second-order valence-corrected chi connectivity index (χ2v) is 10.9. The van der Waals surface area contributed by atoms with Gasteiger partial charge < -0.3 is 14.2 Å². The highest BCUT2D eigenvalue weighted by Crippen LogP contribution is 2.28. The number of sulfonamides is 1. The molecule has 3 rings (SSSR count). The van der Waals surface area contributed by atoms with Crippen LogP contribution in [0.4, 0.5) is 16.2 Å². The number of rotatable bonds is 12. The van der Waals surface area contributed by atoms with Crippen LogP contribution in [0.15, 0.2) is 48.1 Å². The number of amides is 1. The number of imidazole rings is 1. The minimum Gasteiger partial charge on any atom is -0.440 e. The molecule has 2 heterocycles. The molecule has 0 aliphatic carbocycles. The van der Waals surface area contributed by atoms with Crippen molar-refractivity contribution >= 4 is 38.8 Å². The van der Waals surface area contributed by atoms with Crippen molar-refractivity contribution in [3.05, 3.63) is 64.4 Å². The minimum absolute atomic E-state index is 0.318. The highest BCUT2D eigenvalue weighted by molar-refractivity contribution is 7.88. The van der Waals surface area contributed by atoms with Crippen LogP contribution in [0, 0.1) is 6.92 Å². The van der Waals surface area contributed by atoms with Gasteiger partial charge in [0.2, 0.25) is 10.0 Å². The number of aromatic nitrogens is 2. The van der Waals surface area contributed by atoms with Crippen LogP contribution in [0.25, 0.3) is 0 Å². The largest absolute Gasteiger partial charge is 0.440 e. The van der Waals surface area contributed by atoms with E-state index in [0.29, 0.717) is 25.2 Å². The second-order valence-electron chi connectivity index (χ2n) is 8.11. The molecule has 1 atom stereocenters. The quantitative estimate of drug-likeness (QED) is 0.372. The Balaban J connectivity index is 1.66. The van der Waals surface area contributed by atoms with E-state index in [2.05, 4.69) is 19.9 Å². The summed E-state index contributed by atoms with van der Waals surface area (Å²) in [7, 11) is -3.23. The molecule has 0 bridgehead atoms. The van der Waals surface area contributed by atoms with E-state index in [0.717, 1.165) is 41.3 Å². The molecular formula is C24H33N5O4S2. The highest BCUT2D eigenvalue weighted by atomic mass is 32.2. The van der Waals surface area contributed by atoms with Crippen LogP contribution in [-0.4, -0.2) is 50.0 Å². The molecule has 190 valence electrons. The van der Waals surface area contributed by atoms with E-state index in [1.807, 2.05) is 67.2 Å². The first-order chi connectivity index (χ1) is 16.7. The summed E-state index contributed by atoms with van der Waals surface area (Å²) >= 11 is 1.54. The van der Waals surface area contributed by atoms with E-state index >= 15 is 0 Å². The predicted octanol–water partition coefficient (Wildman–Crippen LogP) is 4.18. The summed E-state index contributed by atoms with van der Waals surface area (Å²) in [5.41, 5.74) is 2.48. The summed E-state index contributed by atoms with van der Waals surface area (Å²) in [5.74, 6) is 0.865. The third kappa shape index (κ3) is 7.81. The maximum Gasteiger partial charge on any atom is 0.412 e. The number of hydrogen-bond acceptors (Lipinski definition) is 7. The lowest BCUT2D eigenvalue weighted by molar-refractivity contribution is 0.111. The van der Waals surface area contributed by atoms with Crippen LogP contribution in [0.2, 0.25) is 0 Å². The summed E-state index contributed by atoms with van der Waals surface area (Å²) in [6.45, 7) is 8.34. The number of carbonyl (C=O) groups is 1. The molecule has 0 fully saturated rings. The van der Waals surface area contributed by atoms with E-state index in [4.69, 9.17) is 4.74 Å². The van der Waals surface area contributed by atoms with Crippen molar-refractivity contribution in [2.24, 2.45) is 0 Å². The lowest BCUT2D eigenvalue weighted by Gasteiger charge is -2.24. The summed E-state index contributed by atoms with van der Waals surface area (Å²) in [6.07, 6.45) is 4.33. The summed E-state index contributed by atoms with van der Waals surface area (Å²) in [4.78, 5) is 20.3. The average Bonchev–Trinajstić information content (AvgIpc) is 3.49. The first-order valence-corrected chi connectivity index (χ1v) is 14.3. The van der Waals surface area contributed by atoms with Gasteiger partial charge >= 0.3 is 6.09 Å². The van der Waals surface area contributed by atoms with Crippen molar-refractivity contribution < 1.29 is 17.9 Å². The molecule has 35 heavy (non-hydrogen) atoms. The fourth-order valence-corrected chi connectivity index (χ4v) is 4.96. The van der Waals surface area contributed by atoms with Gasteiger partial charge in [-0.25, -0.2) is 22.9 Å². The Morgan fingerprint density at radius 2 is 2.09 bits per heavy atom. The van der Waals surface area contributed by atoms with E-state index in [9.17, 15) is 13.2 Å². The molecule has 3 aromatic rings. The Kier molecular flexibility index (Phi) is 9.30. The van der Waals surface area contributed by atoms with E-state index in [1.165, 1.54) is 0 Å². The zero-order valence-electron chi connectivity index (χ0n) is 20.5. The second kappa shape index (κ2) is 12.2. The number of likely N-dealkylation sites (N-methyl/N-ethyl adjacent to an activating group) is 1. The average molecular weight is 520 g/mol. The molecule has 0 saturated carbocycles. The molecule has 2 N–H and O–H groups in total. The number of thiophene rings is 1. The van der Waals surface area contributed by atoms with E-state index in [-0.39, 0.29) is 0 Å². The van der Waals surface area contributed by atoms with Crippen LogP contribution in [-0.2, 0) is 27.7 Å². The van der Waals surface area contributed by atoms with Gasteiger partial charge in [-0.05, 0) is 56.0 Å². The molecule has 9 nitrogen and oxygen atoms in total. The molecule has 0 spiro atoms. The molecule has 0 saturated heterocycles. The Morgan fingerprint density at radius 3 is 2.71 bits per heavy atom. The number of aryl methyl sites for hydroxylation is 2. The minimum atomic E-state index is -3.23. The van der Waals surface area contributed by atoms with Gasteiger partial charge in [-0.2, -0.15) is 0 Å². The van der Waals surface area contributed by atoms with Crippen molar-refractivity contribution in [1.82, 2.24) is 14.3 Å². The van der Waals surface area contributed by atoms with Crippen molar-refractivity contribution in [2.75, 3.05) is 36.1 Å². The molecule has 1 aromatic carbocycles. The Bertz CT molecular complexity index is 1210. The molecule has 1 amide bonds. The van der Waals surface area contributed by atoms with E-state index in [1.54, 1.807) is 17.5 Å². The third-order valence-electron chi connectivity index (χ3n) is 5.56. The normalized spacial score (nSPS) is 12.3. The van der Waals surface area contributed by atoms with Crippen LogP contribution in [0.1, 0.15) is 36.2 Å². The summed E-state index contributed by atoms with van der Waals surface area (Å²) < 4.78 is 33.0. The molecule has 2 aromatic heterocycles. The topological polar surface area (TPSA) is 106 Å². The van der Waals surface area contributed by atoms with Gasteiger partial charge in [0, 0.05) is 61.2 Å². The zero-order chi connectivity index (χ0) is 25.4. The van der Waals surface area contributed by atoms with Gasteiger partial charge in [-0.15, -0.1) is 11.3 Å². The van der Waals surface area contributed by atoms with Crippen LogP contribution < -0.4 is 14.9 Å². The Hall–Kier alpha value is -2.89. The molecule has 0 radical (unpaired) electrons. The Morgan fingerprint density at radius 1 is 1.29 bits per heavy atom. The molecule has 11 heteroatoms. The first kappa shape index (κ1) is 26.7. The molecular weight excluding hydrogens is 486 g/mol. The zero-order valence-corrected chi connectivity index (χ0v) is 22.2. The van der Waals surface area contributed by atoms with Gasteiger partial charge in [-0.3, -0.25) is 5.32 Å². The highest BCUT2D eigenvalue weighted by Gasteiger charge is 2.21. The maximum atomic E-state index is 12.8. The first-order valence-electron chi connectivity index (χ1n) is 11.5. The molecule has 0 aliphatic heterocycles. The van der Waals surface area contributed by atoms with Crippen molar-refractivity contribution in [2.45, 2.75) is 39.8 Å². The van der Waals surface area contributed by atoms with Gasteiger partial charge in [0.25, 0.3) is 0 Å². The van der Waals surface area contributed by atoms with Gasteiger partial charge in [0.15, 0.2) is 0 Å². The van der Waals surface area contributed by atoms with Crippen molar-refractivity contribution in [3.63, 3.8) is 0 Å². The standard InChI is InChI=1S/C24H33N5O4S2/c1-5-28(14-12-26-35(4,31)32)19-9-10-20(18(3)16-19)27-24(30)33-21(22-8-7-15-34-22)17-23-25-11-13-29(23)6-2/h7-11,13,15-16,21,26H,5-6,12,14,17H2,1-4H3,(H,27,30). The summed E-state index contributed by atoms with van der Waals surface area (Å²) in [5, 5.41) is 4.83. The van der Waals surface area contributed by atoms with Gasteiger partial charge in [0.05, 0.1) is 6.26 Å². The monoisotopic (exact) mass is 519 g/mol. The number of nitrogens with one attached hydrogen (secondary N) is 2. The van der Waals surface area contributed by atoms with Crippen LogP contribution >= 0.6 is 11.3 Å². The summed E-state index contributed by atoms with van der Waals surface area (Å²) in [6, 6.07) is 9.60. The fourth-order valence-electron chi connectivity index (χ4n) is 3.75. The lowest BCUT2D eigenvalue weighted by Crippen LogP contribution is -2.34. The molecule has 0 aliphatic rings. The van der Waals surface area contributed by atoms with Gasteiger partial charge in [-0.1, -0.05) is 6.07 Å². The Labute approximate surface area is 211 Å². The van der Waals surface area contributed by atoms with Crippen LogP contribution in [0.3, 0.4) is 0 Å². The third-order valence-corrected chi connectivity index (χ3v) is 7.25. The van der Waals surface area contributed by atoms with E-state index < -0.39 is 22.2 Å². The predicted molar refractivity (Wildman–Crippen MR) is 141 cm³/mol. The number of hydrogen-bond donors (Lipinski definition) is 2. The number of ether oxygens (including phenoxy) is 1. The van der Waals surface area contributed by atoms with Crippen LogP contribution in [0.5, 0.6) is 0 Å². The van der Waals surface area contributed by atoms with Crippen molar-refractivity contribution in [3.8, 4) is 0 Å². The lowest BCUT2D eigenvalue weighted by atomic mass is 10.1. The van der Waals surface area contributed by atoms with Crippen molar-refractivity contribution in [1.29, 1.82) is 0 Å². The number of nitrogens with zero attached hydrogens (tertiary/aromatic N) is 3. The number of benzene rings is 1. The SMILES string of the molecule is CCN(CCNS(C)(=O)=O)c1ccc(NC(=O)OC(Cc2nccn2CC)c2cccs2)c(C)c1. The van der Waals surface area contributed by atoms with Gasteiger partial charge in [0.1, 0.15) is 11.9 Å². The number of anilines is 2. The number of carbonyl (C=O) groups excluding carboxylic acids is 1. The molecule has 1 unspecified atom stereocenters. The maximum absolute atomic E-state index is 12.8. The smallest absolute Gasteiger partial charge is 0.412 e.